The minimum absolute atomic E-state index is 0.224. The molecule has 8 heteroatoms. The highest BCUT2D eigenvalue weighted by Gasteiger charge is 2.23. The average molecular weight is 416 g/mol. The van der Waals surface area contributed by atoms with Gasteiger partial charge in [-0.15, -0.1) is 0 Å². The van der Waals surface area contributed by atoms with E-state index in [9.17, 15) is 0 Å². The van der Waals surface area contributed by atoms with Gasteiger partial charge in [0.25, 0.3) is 0 Å². The van der Waals surface area contributed by atoms with E-state index < -0.39 is 0 Å². The molecule has 3 aromatic rings. The number of benzene rings is 1. The number of methoxy groups -OCH3 is 1. The topological polar surface area (TPSA) is 90.1 Å². The highest BCUT2D eigenvalue weighted by molar-refractivity contribution is 5.84. The van der Waals surface area contributed by atoms with E-state index in [0.717, 1.165) is 35.7 Å². The van der Waals surface area contributed by atoms with Crippen molar-refractivity contribution in [2.75, 3.05) is 31.3 Å². The Bertz CT molecular complexity index is 1190. The van der Waals surface area contributed by atoms with Gasteiger partial charge in [-0.2, -0.15) is 4.98 Å². The number of nitrogens with one attached hydrogen (secondary N) is 4. The molecule has 2 aliphatic rings. The molecule has 158 valence electrons. The van der Waals surface area contributed by atoms with Gasteiger partial charge in [0.05, 0.1) is 13.2 Å². The second kappa shape index (κ2) is 8.16. The van der Waals surface area contributed by atoms with Crippen LogP contribution in [-0.4, -0.2) is 46.7 Å². The summed E-state index contributed by atoms with van der Waals surface area (Å²) < 4.78 is 5.35. The molecule has 0 amide bonds. The highest BCUT2D eigenvalue weighted by atomic mass is 16.5. The first-order valence-corrected chi connectivity index (χ1v) is 10.3. The highest BCUT2D eigenvalue weighted by Crippen LogP contribution is 2.25. The molecule has 1 aliphatic heterocycles. The summed E-state index contributed by atoms with van der Waals surface area (Å²) in [5, 5.41) is 9.94. The molecular formula is C23H25N7O. The number of aromatic amines is 1. The Morgan fingerprint density at radius 2 is 2.16 bits per heavy atom. The number of ether oxygens (including phenoxy) is 1. The molecule has 0 radical (unpaired) electrons. The predicted octanol–water partition coefficient (Wildman–Crippen LogP) is 3.19. The number of likely N-dealkylation sites (N-methyl/N-ethyl adjacent to an activating group) is 1. The third-order valence-corrected chi connectivity index (χ3v) is 5.57. The van der Waals surface area contributed by atoms with Crippen LogP contribution in [0.15, 0.2) is 72.4 Å². The zero-order valence-corrected chi connectivity index (χ0v) is 17.5. The minimum atomic E-state index is 0.224. The Morgan fingerprint density at radius 3 is 3.06 bits per heavy atom. The van der Waals surface area contributed by atoms with Crippen molar-refractivity contribution in [1.82, 2.24) is 25.4 Å². The van der Waals surface area contributed by atoms with Crippen LogP contribution in [0.25, 0.3) is 10.9 Å². The van der Waals surface area contributed by atoms with Gasteiger partial charge in [-0.25, -0.2) is 9.99 Å². The Hall–Kier alpha value is -3.78. The zero-order chi connectivity index (χ0) is 21.2. The van der Waals surface area contributed by atoms with Crippen LogP contribution in [0.2, 0.25) is 0 Å². The van der Waals surface area contributed by atoms with Gasteiger partial charge in [-0.1, -0.05) is 6.08 Å². The van der Waals surface area contributed by atoms with Crippen molar-refractivity contribution in [3.8, 4) is 5.75 Å². The molecule has 0 saturated heterocycles. The molecule has 8 nitrogen and oxygen atoms in total. The maximum absolute atomic E-state index is 5.35. The number of anilines is 2. The summed E-state index contributed by atoms with van der Waals surface area (Å²) in [5.41, 5.74) is 7.80. The third-order valence-electron chi connectivity index (χ3n) is 5.57. The molecule has 2 aromatic heterocycles. The van der Waals surface area contributed by atoms with Gasteiger partial charge >= 0.3 is 0 Å². The molecule has 1 atom stereocenters. The molecule has 1 aliphatic carbocycles. The first-order valence-electron chi connectivity index (χ1n) is 10.3. The van der Waals surface area contributed by atoms with Gasteiger partial charge in [0, 0.05) is 48.8 Å². The summed E-state index contributed by atoms with van der Waals surface area (Å²) in [6.07, 6.45) is 13.0. The standard InChI is InChI=1S/C23H25N7O/c1-30-21-11-17(4-3-16(21)14-27-30)28-22-8-10-25-23(29-22)24-9-7-15-13-26-20-6-5-18(31-2)12-19(15)20/h3-6,8,10-14,21,26-27H,7,9H2,1-2H3,(H2,24,25,28,29). The number of nitrogens with zero attached hydrogens (tertiary/aromatic N) is 3. The lowest BCUT2D eigenvalue weighted by Crippen LogP contribution is -2.34. The van der Waals surface area contributed by atoms with Crippen LogP contribution in [-0.2, 0) is 6.42 Å². The fourth-order valence-electron chi connectivity index (χ4n) is 3.88. The SMILES string of the molecule is COc1ccc2[nH]cc(CCNc3nccc(NC4=CC5C(=CNN5C)C=C4)n3)c2c1. The van der Waals surface area contributed by atoms with Gasteiger partial charge in [0.1, 0.15) is 11.6 Å². The lowest BCUT2D eigenvalue weighted by Gasteiger charge is -2.22. The molecule has 5 rings (SSSR count). The maximum Gasteiger partial charge on any atom is 0.224 e. The largest absolute Gasteiger partial charge is 0.497 e. The van der Waals surface area contributed by atoms with Crippen LogP contribution < -0.4 is 20.8 Å². The molecule has 1 unspecified atom stereocenters. The number of fused-ring (bicyclic) bond motifs is 2. The van der Waals surface area contributed by atoms with E-state index in [0.29, 0.717) is 5.95 Å². The summed E-state index contributed by atoms with van der Waals surface area (Å²) in [4.78, 5) is 12.3. The van der Waals surface area contributed by atoms with Crippen molar-refractivity contribution in [3.63, 3.8) is 0 Å². The van der Waals surface area contributed by atoms with Gasteiger partial charge < -0.3 is 25.8 Å². The first-order chi connectivity index (χ1) is 15.2. The summed E-state index contributed by atoms with van der Waals surface area (Å²) in [6, 6.07) is 8.15. The monoisotopic (exact) mass is 415 g/mol. The summed E-state index contributed by atoms with van der Waals surface area (Å²) in [7, 11) is 3.71. The number of H-pyrrole nitrogens is 1. The molecule has 0 fully saturated rings. The molecule has 31 heavy (non-hydrogen) atoms. The Labute approximate surface area is 180 Å². The molecule has 0 bridgehead atoms. The molecular weight excluding hydrogens is 390 g/mol. The van der Waals surface area contributed by atoms with Gasteiger partial charge in [0.15, 0.2) is 0 Å². The number of aromatic nitrogens is 3. The Balaban J connectivity index is 1.22. The lowest BCUT2D eigenvalue weighted by atomic mass is 10.0. The van der Waals surface area contributed by atoms with E-state index in [1.54, 1.807) is 13.3 Å². The van der Waals surface area contributed by atoms with Crippen molar-refractivity contribution in [2.24, 2.45) is 0 Å². The summed E-state index contributed by atoms with van der Waals surface area (Å²) >= 11 is 0. The van der Waals surface area contributed by atoms with Crippen LogP contribution >= 0.6 is 0 Å². The number of allylic oxidation sites excluding steroid dienone is 1. The first kappa shape index (κ1) is 19.2. The second-order valence-electron chi connectivity index (χ2n) is 7.58. The lowest BCUT2D eigenvalue weighted by molar-refractivity contribution is 0.282. The zero-order valence-electron chi connectivity index (χ0n) is 17.5. The van der Waals surface area contributed by atoms with Crippen LogP contribution in [0.1, 0.15) is 5.56 Å². The van der Waals surface area contributed by atoms with E-state index >= 15 is 0 Å². The van der Waals surface area contributed by atoms with Crippen molar-refractivity contribution in [1.29, 1.82) is 0 Å². The predicted molar refractivity (Wildman–Crippen MR) is 123 cm³/mol. The average Bonchev–Trinajstić information content (AvgIpc) is 3.37. The fraction of sp³-hybridized carbons (Fsp3) is 0.217. The van der Waals surface area contributed by atoms with E-state index in [1.165, 1.54) is 16.5 Å². The normalized spacial score (nSPS) is 17.7. The van der Waals surface area contributed by atoms with Crippen LogP contribution in [0.5, 0.6) is 5.75 Å². The van der Waals surface area contributed by atoms with Crippen LogP contribution in [0.4, 0.5) is 11.8 Å². The van der Waals surface area contributed by atoms with Gasteiger partial charge in [-0.3, -0.25) is 0 Å². The van der Waals surface area contributed by atoms with E-state index in [-0.39, 0.29) is 6.04 Å². The van der Waals surface area contributed by atoms with Crippen molar-refractivity contribution in [3.05, 3.63) is 77.9 Å². The quantitative estimate of drug-likeness (QED) is 0.471. The van der Waals surface area contributed by atoms with E-state index in [1.807, 2.05) is 37.6 Å². The van der Waals surface area contributed by atoms with E-state index in [2.05, 4.69) is 60.3 Å². The van der Waals surface area contributed by atoms with Crippen molar-refractivity contribution < 1.29 is 4.74 Å². The van der Waals surface area contributed by atoms with E-state index in [4.69, 9.17) is 4.74 Å². The third kappa shape index (κ3) is 3.97. The number of rotatable bonds is 7. The molecule has 4 N–H and O–H groups in total. The minimum Gasteiger partial charge on any atom is -0.497 e. The Kier molecular flexibility index (Phi) is 5.05. The van der Waals surface area contributed by atoms with Crippen molar-refractivity contribution >= 4 is 22.7 Å². The molecule has 0 saturated carbocycles. The molecule has 0 spiro atoms. The van der Waals surface area contributed by atoms with Crippen molar-refractivity contribution in [2.45, 2.75) is 12.5 Å². The number of hydrazine groups is 1. The Morgan fingerprint density at radius 1 is 1.23 bits per heavy atom. The smallest absolute Gasteiger partial charge is 0.224 e. The summed E-state index contributed by atoms with van der Waals surface area (Å²) in [5.74, 6) is 2.21. The van der Waals surface area contributed by atoms with Crippen LogP contribution in [0, 0.1) is 0 Å². The maximum atomic E-state index is 5.35. The summed E-state index contributed by atoms with van der Waals surface area (Å²) in [6.45, 7) is 0.725. The fourth-order valence-corrected chi connectivity index (χ4v) is 3.88. The second-order valence-corrected chi connectivity index (χ2v) is 7.58. The van der Waals surface area contributed by atoms with Gasteiger partial charge in [0.2, 0.25) is 5.95 Å². The molecule has 1 aromatic carbocycles. The van der Waals surface area contributed by atoms with Gasteiger partial charge in [-0.05, 0) is 54.0 Å². The number of hydrogen-bond donors (Lipinski definition) is 4. The van der Waals surface area contributed by atoms with Crippen LogP contribution in [0.3, 0.4) is 0 Å². The molecule has 3 heterocycles. The number of hydrogen-bond acceptors (Lipinski definition) is 7.